The van der Waals surface area contributed by atoms with Crippen molar-refractivity contribution in [1.29, 1.82) is 0 Å². The van der Waals surface area contributed by atoms with Crippen LogP contribution in [0.4, 0.5) is 0 Å². The van der Waals surface area contributed by atoms with Crippen LogP contribution in [0, 0.1) is 0 Å². The van der Waals surface area contributed by atoms with Gasteiger partial charge in [-0.15, -0.1) is 0 Å². The molecule has 2 N–H and O–H groups in total. The zero-order valence-electron chi connectivity index (χ0n) is 12.7. The maximum Gasteiger partial charge on any atom is 0.154 e. The predicted molar refractivity (Wildman–Crippen MR) is 86.3 cm³/mol. The van der Waals surface area contributed by atoms with Crippen molar-refractivity contribution in [1.82, 2.24) is 10.2 Å². The second kappa shape index (κ2) is 6.66. The highest BCUT2D eigenvalue weighted by Gasteiger charge is 2.37. The number of nitrogens with zero attached hydrogens (tertiary/aromatic N) is 1. The van der Waals surface area contributed by atoms with Crippen molar-refractivity contribution >= 4 is 9.84 Å². The minimum absolute atomic E-state index is 0.0679. The van der Waals surface area contributed by atoms with Crippen molar-refractivity contribution in [2.45, 2.75) is 37.6 Å². The minimum atomic E-state index is -3.07. The molecule has 2 saturated heterocycles. The summed E-state index contributed by atoms with van der Waals surface area (Å²) < 4.78 is 23.1. The van der Waals surface area contributed by atoms with E-state index in [0.717, 1.165) is 32.5 Å². The molecule has 0 spiro atoms. The van der Waals surface area contributed by atoms with Gasteiger partial charge in [-0.3, -0.25) is 4.90 Å². The van der Waals surface area contributed by atoms with Crippen LogP contribution in [0.25, 0.3) is 0 Å². The number of aliphatic hydroxyl groups excluding tert-OH is 1. The Labute approximate surface area is 132 Å². The summed E-state index contributed by atoms with van der Waals surface area (Å²) in [6, 6.07) is 10.4. The van der Waals surface area contributed by atoms with Gasteiger partial charge < -0.3 is 10.4 Å². The fourth-order valence-electron chi connectivity index (χ4n) is 3.39. The number of sulfone groups is 1. The zero-order valence-corrected chi connectivity index (χ0v) is 13.5. The molecule has 6 heteroatoms. The van der Waals surface area contributed by atoms with Crippen LogP contribution in [-0.4, -0.2) is 61.2 Å². The molecule has 0 unspecified atom stereocenters. The molecule has 2 aliphatic heterocycles. The van der Waals surface area contributed by atoms with Crippen molar-refractivity contribution in [3.8, 4) is 0 Å². The van der Waals surface area contributed by atoms with Gasteiger partial charge in [0.05, 0.1) is 17.6 Å². The molecule has 1 aromatic carbocycles. The molecule has 2 heterocycles. The first-order chi connectivity index (χ1) is 10.5. The molecule has 122 valence electrons. The topological polar surface area (TPSA) is 69.6 Å². The van der Waals surface area contributed by atoms with E-state index in [9.17, 15) is 13.5 Å². The van der Waals surface area contributed by atoms with Crippen LogP contribution in [0.1, 0.15) is 18.4 Å². The van der Waals surface area contributed by atoms with E-state index < -0.39 is 15.9 Å². The molecule has 3 rings (SSSR count). The second-order valence-electron chi connectivity index (χ2n) is 6.45. The third-order valence-corrected chi connectivity index (χ3v) is 6.33. The smallest absolute Gasteiger partial charge is 0.154 e. The van der Waals surface area contributed by atoms with E-state index in [2.05, 4.69) is 34.5 Å². The third kappa shape index (κ3) is 4.07. The monoisotopic (exact) mass is 324 g/mol. The van der Waals surface area contributed by atoms with Gasteiger partial charge in [0.1, 0.15) is 0 Å². The van der Waals surface area contributed by atoms with Crippen LogP contribution < -0.4 is 5.32 Å². The van der Waals surface area contributed by atoms with E-state index in [4.69, 9.17) is 0 Å². The average Bonchev–Trinajstić information content (AvgIpc) is 2.74. The van der Waals surface area contributed by atoms with Crippen molar-refractivity contribution in [2.75, 3.05) is 24.6 Å². The summed E-state index contributed by atoms with van der Waals surface area (Å²) in [5.74, 6) is -0.0318. The van der Waals surface area contributed by atoms with E-state index in [1.807, 2.05) is 6.07 Å². The van der Waals surface area contributed by atoms with Gasteiger partial charge in [-0.25, -0.2) is 8.42 Å². The number of nitrogens with one attached hydrogen (secondary N) is 1. The number of hydrogen-bond donors (Lipinski definition) is 2. The van der Waals surface area contributed by atoms with E-state index in [1.165, 1.54) is 5.56 Å². The fourth-order valence-corrected chi connectivity index (χ4v) is 5.14. The van der Waals surface area contributed by atoms with Gasteiger partial charge in [-0.05, 0) is 31.5 Å². The standard InChI is InChI=1S/C16H24N2O3S/c19-16-12-22(20,21)11-15(16)17-14-6-8-18(9-7-14)10-13-4-2-1-3-5-13/h1-5,14-17,19H,6-12H2/t15-,16-/m0/s1. The highest BCUT2D eigenvalue weighted by atomic mass is 32.2. The normalized spacial score (nSPS) is 29.7. The van der Waals surface area contributed by atoms with Gasteiger partial charge in [0, 0.05) is 18.6 Å². The van der Waals surface area contributed by atoms with Crippen molar-refractivity contribution < 1.29 is 13.5 Å². The Kier molecular flexibility index (Phi) is 4.82. The lowest BCUT2D eigenvalue weighted by atomic mass is 10.0. The Bertz CT molecular complexity index is 583. The quantitative estimate of drug-likeness (QED) is 0.839. The molecular weight excluding hydrogens is 300 g/mol. The number of likely N-dealkylation sites (tertiary alicyclic amines) is 1. The molecule has 0 saturated carbocycles. The molecule has 22 heavy (non-hydrogen) atoms. The summed E-state index contributed by atoms with van der Waals surface area (Å²) in [5, 5.41) is 13.2. The van der Waals surface area contributed by atoms with Gasteiger partial charge in [0.15, 0.2) is 9.84 Å². The van der Waals surface area contributed by atoms with Crippen LogP contribution in [-0.2, 0) is 16.4 Å². The Morgan fingerprint density at radius 3 is 2.41 bits per heavy atom. The maximum absolute atomic E-state index is 11.5. The predicted octanol–water partition coefficient (Wildman–Crippen LogP) is 0.398. The largest absolute Gasteiger partial charge is 0.390 e. The third-order valence-electron chi connectivity index (χ3n) is 4.61. The van der Waals surface area contributed by atoms with Crippen LogP contribution in [0.2, 0.25) is 0 Å². The number of hydrogen-bond acceptors (Lipinski definition) is 5. The molecule has 5 nitrogen and oxygen atoms in total. The SMILES string of the molecule is O=S1(=O)C[C@H](NC2CCN(Cc3ccccc3)CC2)[C@@H](O)C1. The first-order valence-corrected chi connectivity index (χ1v) is 9.75. The lowest BCUT2D eigenvalue weighted by Gasteiger charge is -2.34. The lowest BCUT2D eigenvalue weighted by Crippen LogP contribution is -2.49. The molecule has 2 aliphatic rings. The number of aliphatic hydroxyl groups is 1. The first-order valence-electron chi connectivity index (χ1n) is 7.93. The van der Waals surface area contributed by atoms with Gasteiger partial charge in [0.25, 0.3) is 0 Å². The highest BCUT2D eigenvalue weighted by Crippen LogP contribution is 2.18. The minimum Gasteiger partial charge on any atom is -0.390 e. The van der Waals surface area contributed by atoms with Gasteiger partial charge >= 0.3 is 0 Å². The van der Waals surface area contributed by atoms with E-state index in [0.29, 0.717) is 6.04 Å². The number of benzene rings is 1. The van der Waals surface area contributed by atoms with Crippen LogP contribution in [0.15, 0.2) is 30.3 Å². The summed E-state index contributed by atoms with van der Waals surface area (Å²) in [4.78, 5) is 2.43. The number of piperidine rings is 1. The van der Waals surface area contributed by atoms with E-state index in [1.54, 1.807) is 0 Å². The van der Waals surface area contributed by atoms with Crippen molar-refractivity contribution in [2.24, 2.45) is 0 Å². The fraction of sp³-hybridized carbons (Fsp3) is 0.625. The maximum atomic E-state index is 11.5. The Balaban J connectivity index is 1.46. The van der Waals surface area contributed by atoms with E-state index in [-0.39, 0.29) is 17.5 Å². The summed E-state index contributed by atoms with van der Waals surface area (Å²) in [5.41, 5.74) is 1.33. The molecule has 1 aromatic rings. The molecule has 0 bridgehead atoms. The van der Waals surface area contributed by atoms with Gasteiger partial charge in [-0.2, -0.15) is 0 Å². The highest BCUT2D eigenvalue weighted by molar-refractivity contribution is 7.91. The van der Waals surface area contributed by atoms with Gasteiger partial charge in [0.2, 0.25) is 0 Å². The first kappa shape index (κ1) is 15.9. The molecule has 0 aromatic heterocycles. The second-order valence-corrected chi connectivity index (χ2v) is 8.61. The summed E-state index contributed by atoms with van der Waals surface area (Å²) >= 11 is 0. The van der Waals surface area contributed by atoms with Crippen molar-refractivity contribution in [3.63, 3.8) is 0 Å². The molecular formula is C16H24N2O3S. The van der Waals surface area contributed by atoms with Crippen LogP contribution in [0.3, 0.4) is 0 Å². The summed E-state index contributed by atoms with van der Waals surface area (Å²) in [6.07, 6.45) is 1.24. The van der Waals surface area contributed by atoms with Crippen molar-refractivity contribution in [3.05, 3.63) is 35.9 Å². The average molecular weight is 324 g/mol. The van der Waals surface area contributed by atoms with Crippen LogP contribution in [0.5, 0.6) is 0 Å². The molecule has 2 fully saturated rings. The molecule has 0 amide bonds. The molecule has 2 atom stereocenters. The Morgan fingerprint density at radius 1 is 1.14 bits per heavy atom. The number of rotatable bonds is 4. The lowest BCUT2D eigenvalue weighted by molar-refractivity contribution is 0.136. The Hall–Kier alpha value is -0.950. The summed E-state index contributed by atoms with van der Waals surface area (Å²) in [6.45, 7) is 2.97. The Morgan fingerprint density at radius 2 is 1.82 bits per heavy atom. The van der Waals surface area contributed by atoms with Crippen LogP contribution >= 0.6 is 0 Å². The molecule has 0 radical (unpaired) electrons. The van der Waals surface area contributed by atoms with Gasteiger partial charge in [-0.1, -0.05) is 30.3 Å². The summed E-state index contributed by atoms with van der Waals surface area (Å²) in [7, 11) is -3.07. The molecule has 0 aliphatic carbocycles. The zero-order chi connectivity index (χ0) is 15.6. The van der Waals surface area contributed by atoms with E-state index >= 15 is 0 Å².